The summed E-state index contributed by atoms with van der Waals surface area (Å²) < 4.78 is 0. The van der Waals surface area contributed by atoms with Gasteiger partial charge in [-0.1, -0.05) is 51.0 Å². The average Bonchev–Trinajstić information content (AvgIpc) is 2.46. The Kier molecular flexibility index (Phi) is 6.25. The topological polar surface area (TPSA) is 0 Å². The molecule has 0 spiro atoms. The highest BCUT2D eigenvalue weighted by molar-refractivity contribution is 5.22. The van der Waals surface area contributed by atoms with E-state index in [0.717, 1.165) is 0 Å². The van der Waals surface area contributed by atoms with Crippen LogP contribution in [0.2, 0.25) is 0 Å². The van der Waals surface area contributed by atoms with Crippen molar-refractivity contribution in [3.05, 3.63) is 23.8 Å². The van der Waals surface area contributed by atoms with Crippen LogP contribution in [0.15, 0.2) is 23.8 Å². The summed E-state index contributed by atoms with van der Waals surface area (Å²) in [6.07, 6.45) is 10.4. The number of allylic oxidation sites excluding steroid dienone is 4. The third-order valence-electron chi connectivity index (χ3n) is 1.42. The first kappa shape index (κ1) is 9.48. The van der Waals surface area contributed by atoms with Crippen molar-refractivity contribution in [2.24, 2.45) is 0 Å². The van der Waals surface area contributed by atoms with E-state index in [1.807, 2.05) is 13.8 Å². The Morgan fingerprint density at radius 3 is 2.50 bits per heavy atom. The largest absolute Gasteiger partial charge is 0.0805 e. The lowest BCUT2D eigenvalue weighted by atomic mass is 10.1. The van der Waals surface area contributed by atoms with E-state index >= 15 is 0 Å². The molecule has 0 aromatic carbocycles. The van der Waals surface area contributed by atoms with Gasteiger partial charge in [0, 0.05) is 0 Å². The zero-order valence-corrected chi connectivity index (χ0v) is 7.35. The van der Waals surface area contributed by atoms with E-state index in [-0.39, 0.29) is 0 Å². The summed E-state index contributed by atoms with van der Waals surface area (Å²) in [7, 11) is 0. The number of rotatable bonds is 2. The van der Waals surface area contributed by atoms with Gasteiger partial charge in [0.15, 0.2) is 0 Å². The first-order valence-electron chi connectivity index (χ1n) is 4.28. The van der Waals surface area contributed by atoms with Gasteiger partial charge in [0.2, 0.25) is 0 Å². The highest BCUT2D eigenvalue weighted by atomic mass is 14.0. The SMILES string of the molecule is CC.CCCC1=CC=CC1. The first-order chi connectivity index (χ1) is 4.93. The van der Waals surface area contributed by atoms with Crippen LogP contribution in [0.25, 0.3) is 0 Å². The monoisotopic (exact) mass is 138 g/mol. The maximum absolute atomic E-state index is 2.23. The molecule has 0 unspecified atom stereocenters. The summed E-state index contributed by atoms with van der Waals surface area (Å²) in [6.45, 7) is 6.22. The molecule has 1 aliphatic carbocycles. The van der Waals surface area contributed by atoms with Crippen LogP contribution < -0.4 is 0 Å². The van der Waals surface area contributed by atoms with Gasteiger partial charge >= 0.3 is 0 Å². The minimum absolute atomic E-state index is 1.20. The molecule has 1 rings (SSSR count). The first-order valence-corrected chi connectivity index (χ1v) is 4.28. The van der Waals surface area contributed by atoms with E-state index in [0.29, 0.717) is 0 Å². The fourth-order valence-electron chi connectivity index (χ4n) is 0.998. The van der Waals surface area contributed by atoms with Crippen molar-refractivity contribution >= 4 is 0 Å². The van der Waals surface area contributed by atoms with Gasteiger partial charge in [-0.25, -0.2) is 0 Å². The lowest BCUT2D eigenvalue weighted by Gasteiger charge is -1.93. The Balaban J connectivity index is 0.000000371. The van der Waals surface area contributed by atoms with Gasteiger partial charge in [0.1, 0.15) is 0 Å². The molecule has 0 saturated carbocycles. The fraction of sp³-hybridized carbons (Fsp3) is 0.600. The summed E-state index contributed by atoms with van der Waals surface area (Å²) in [4.78, 5) is 0. The zero-order chi connectivity index (χ0) is 7.82. The van der Waals surface area contributed by atoms with E-state index in [9.17, 15) is 0 Å². The van der Waals surface area contributed by atoms with E-state index in [1.165, 1.54) is 19.3 Å². The normalized spacial score (nSPS) is 14.1. The van der Waals surface area contributed by atoms with E-state index < -0.39 is 0 Å². The Hall–Kier alpha value is -0.520. The molecule has 0 heterocycles. The van der Waals surface area contributed by atoms with Crippen LogP contribution in [0.5, 0.6) is 0 Å². The van der Waals surface area contributed by atoms with Crippen molar-refractivity contribution < 1.29 is 0 Å². The number of hydrogen-bond acceptors (Lipinski definition) is 0. The molecule has 0 atom stereocenters. The second-order valence-corrected chi connectivity index (χ2v) is 2.21. The molecule has 0 bridgehead atoms. The molecule has 10 heavy (non-hydrogen) atoms. The van der Waals surface area contributed by atoms with Crippen molar-refractivity contribution in [3.63, 3.8) is 0 Å². The Morgan fingerprint density at radius 1 is 1.40 bits per heavy atom. The van der Waals surface area contributed by atoms with Gasteiger partial charge in [-0.2, -0.15) is 0 Å². The Bertz CT molecular complexity index is 118. The summed E-state index contributed by atoms with van der Waals surface area (Å²) in [5.74, 6) is 0. The van der Waals surface area contributed by atoms with Crippen molar-refractivity contribution in [2.75, 3.05) is 0 Å². The van der Waals surface area contributed by atoms with E-state index in [2.05, 4.69) is 25.2 Å². The van der Waals surface area contributed by atoms with E-state index in [1.54, 1.807) is 5.57 Å². The molecule has 0 saturated heterocycles. The third-order valence-corrected chi connectivity index (χ3v) is 1.42. The molecule has 0 aromatic rings. The molecule has 58 valence electrons. The minimum atomic E-state index is 1.20. The molecule has 0 nitrogen and oxygen atoms in total. The molecule has 0 amide bonds. The van der Waals surface area contributed by atoms with Crippen molar-refractivity contribution in [3.8, 4) is 0 Å². The van der Waals surface area contributed by atoms with Crippen molar-refractivity contribution in [2.45, 2.75) is 40.0 Å². The molecular weight excluding hydrogens is 120 g/mol. The molecule has 0 radical (unpaired) electrons. The van der Waals surface area contributed by atoms with Crippen LogP contribution >= 0.6 is 0 Å². The molecule has 0 aliphatic heterocycles. The number of hydrogen-bond donors (Lipinski definition) is 0. The molecule has 0 heteroatoms. The zero-order valence-electron chi connectivity index (χ0n) is 7.35. The smallest absolute Gasteiger partial charge is 0.0133 e. The summed E-state index contributed by atoms with van der Waals surface area (Å²) >= 11 is 0. The van der Waals surface area contributed by atoms with Gasteiger partial charge in [0.25, 0.3) is 0 Å². The molecule has 1 aliphatic rings. The molecular formula is C10H18. The van der Waals surface area contributed by atoms with E-state index in [4.69, 9.17) is 0 Å². The van der Waals surface area contributed by atoms with Gasteiger partial charge in [-0.3, -0.25) is 0 Å². The van der Waals surface area contributed by atoms with Crippen LogP contribution in [0.4, 0.5) is 0 Å². The predicted octanol–water partition coefficient (Wildman–Crippen LogP) is 3.70. The van der Waals surface area contributed by atoms with Crippen molar-refractivity contribution in [1.82, 2.24) is 0 Å². The molecule has 0 aromatic heterocycles. The summed E-state index contributed by atoms with van der Waals surface area (Å²) in [5.41, 5.74) is 1.59. The van der Waals surface area contributed by atoms with Crippen LogP contribution in [0.3, 0.4) is 0 Å². The quantitative estimate of drug-likeness (QED) is 0.546. The van der Waals surface area contributed by atoms with Gasteiger partial charge < -0.3 is 0 Å². The summed E-state index contributed by atoms with van der Waals surface area (Å²) in [5, 5.41) is 0. The van der Waals surface area contributed by atoms with Crippen LogP contribution in [-0.4, -0.2) is 0 Å². The second kappa shape index (κ2) is 6.60. The van der Waals surface area contributed by atoms with Crippen molar-refractivity contribution in [1.29, 1.82) is 0 Å². The molecule has 0 N–H and O–H groups in total. The van der Waals surface area contributed by atoms with Crippen LogP contribution in [-0.2, 0) is 0 Å². The lowest BCUT2D eigenvalue weighted by molar-refractivity contribution is 0.887. The van der Waals surface area contributed by atoms with Gasteiger partial charge in [-0.05, 0) is 12.8 Å². The Morgan fingerprint density at radius 2 is 2.10 bits per heavy atom. The standard InChI is InChI=1S/C8H12.C2H6/c1-2-5-8-6-3-4-7-8;1-2/h3-4,6H,2,5,7H2,1H3;1-2H3. The highest BCUT2D eigenvalue weighted by Gasteiger charge is 1.94. The van der Waals surface area contributed by atoms with Gasteiger partial charge in [0.05, 0.1) is 0 Å². The molecule has 0 fully saturated rings. The highest BCUT2D eigenvalue weighted by Crippen LogP contribution is 2.14. The van der Waals surface area contributed by atoms with Crippen LogP contribution in [0, 0.1) is 0 Å². The maximum atomic E-state index is 2.23. The van der Waals surface area contributed by atoms with Crippen LogP contribution in [0.1, 0.15) is 40.0 Å². The minimum Gasteiger partial charge on any atom is -0.0805 e. The fourth-order valence-corrected chi connectivity index (χ4v) is 0.998. The second-order valence-electron chi connectivity index (χ2n) is 2.21. The van der Waals surface area contributed by atoms with Gasteiger partial charge in [-0.15, -0.1) is 0 Å². The lowest BCUT2D eigenvalue weighted by Crippen LogP contribution is -1.74. The maximum Gasteiger partial charge on any atom is -0.0133 e. The predicted molar refractivity (Wildman–Crippen MR) is 48.1 cm³/mol. The summed E-state index contributed by atoms with van der Waals surface area (Å²) in [6, 6.07) is 0. The average molecular weight is 138 g/mol. The third kappa shape index (κ3) is 3.49. The Labute approximate surface area is 64.6 Å².